The SMILES string of the molecule is CN(c1nn(C)cc1N)C1CCCCCC1. The number of nitrogens with two attached hydrogens (primary N) is 1. The number of aryl methyl sites for hydroxylation is 1. The summed E-state index contributed by atoms with van der Waals surface area (Å²) >= 11 is 0. The van der Waals surface area contributed by atoms with E-state index in [9.17, 15) is 0 Å². The molecule has 1 aromatic rings. The van der Waals surface area contributed by atoms with Crippen LogP contribution in [0.25, 0.3) is 0 Å². The number of anilines is 2. The second-order valence-corrected chi connectivity index (χ2v) is 4.84. The zero-order valence-corrected chi connectivity index (χ0v) is 10.3. The van der Waals surface area contributed by atoms with Gasteiger partial charge in [-0.3, -0.25) is 4.68 Å². The summed E-state index contributed by atoms with van der Waals surface area (Å²) in [6.45, 7) is 0. The number of nitrogen functional groups attached to an aromatic ring is 1. The van der Waals surface area contributed by atoms with Crippen LogP contribution >= 0.6 is 0 Å². The lowest BCUT2D eigenvalue weighted by atomic mass is 10.1. The summed E-state index contributed by atoms with van der Waals surface area (Å²) < 4.78 is 1.79. The van der Waals surface area contributed by atoms with Crippen LogP contribution in [-0.4, -0.2) is 22.9 Å². The van der Waals surface area contributed by atoms with E-state index in [2.05, 4.69) is 17.0 Å². The van der Waals surface area contributed by atoms with Crippen LogP contribution in [0.3, 0.4) is 0 Å². The van der Waals surface area contributed by atoms with Crippen molar-refractivity contribution in [3.63, 3.8) is 0 Å². The standard InChI is InChI=1S/C12H22N4/c1-15-9-11(13)12(14-15)16(2)10-7-5-3-4-6-8-10/h9-10H,3-8,13H2,1-2H3. The minimum Gasteiger partial charge on any atom is -0.394 e. The van der Waals surface area contributed by atoms with Crippen molar-refractivity contribution in [3.8, 4) is 0 Å². The number of hydrogen-bond acceptors (Lipinski definition) is 3. The topological polar surface area (TPSA) is 47.1 Å². The Hall–Kier alpha value is -1.19. The molecule has 2 rings (SSSR count). The maximum atomic E-state index is 5.96. The van der Waals surface area contributed by atoms with E-state index in [1.807, 2.05) is 13.2 Å². The quantitative estimate of drug-likeness (QED) is 0.780. The fraction of sp³-hybridized carbons (Fsp3) is 0.750. The van der Waals surface area contributed by atoms with Gasteiger partial charge in [0.1, 0.15) is 0 Å². The monoisotopic (exact) mass is 222 g/mol. The molecule has 90 valence electrons. The molecular formula is C12H22N4. The van der Waals surface area contributed by atoms with Gasteiger partial charge in [0.15, 0.2) is 5.82 Å². The van der Waals surface area contributed by atoms with Crippen molar-refractivity contribution in [2.75, 3.05) is 17.7 Å². The van der Waals surface area contributed by atoms with Crippen molar-refractivity contribution in [1.29, 1.82) is 0 Å². The lowest BCUT2D eigenvalue weighted by Gasteiger charge is -2.27. The maximum absolute atomic E-state index is 5.96. The van der Waals surface area contributed by atoms with Gasteiger partial charge in [0.05, 0.1) is 5.69 Å². The van der Waals surface area contributed by atoms with Gasteiger partial charge in [-0.05, 0) is 12.8 Å². The highest BCUT2D eigenvalue weighted by atomic mass is 15.3. The molecule has 0 atom stereocenters. The molecule has 0 radical (unpaired) electrons. The second kappa shape index (κ2) is 4.76. The molecule has 0 amide bonds. The van der Waals surface area contributed by atoms with Crippen LogP contribution in [0.4, 0.5) is 11.5 Å². The van der Waals surface area contributed by atoms with Gasteiger partial charge in [-0.15, -0.1) is 0 Å². The van der Waals surface area contributed by atoms with Crippen LogP contribution in [0, 0.1) is 0 Å². The van der Waals surface area contributed by atoms with E-state index in [0.717, 1.165) is 11.5 Å². The highest BCUT2D eigenvalue weighted by Gasteiger charge is 2.20. The Kier molecular flexibility index (Phi) is 3.36. The lowest BCUT2D eigenvalue weighted by Crippen LogP contribution is -2.32. The number of hydrogen-bond donors (Lipinski definition) is 1. The molecule has 1 fully saturated rings. The number of rotatable bonds is 2. The van der Waals surface area contributed by atoms with Crippen LogP contribution in [0.15, 0.2) is 6.20 Å². The van der Waals surface area contributed by atoms with Crippen molar-refractivity contribution in [2.45, 2.75) is 44.6 Å². The minimum atomic E-state index is 0.611. The highest BCUT2D eigenvalue weighted by Crippen LogP contribution is 2.27. The molecule has 0 aliphatic heterocycles. The minimum absolute atomic E-state index is 0.611. The molecule has 1 aliphatic carbocycles. The predicted molar refractivity (Wildman–Crippen MR) is 67.5 cm³/mol. The number of nitrogens with zero attached hydrogens (tertiary/aromatic N) is 3. The van der Waals surface area contributed by atoms with E-state index in [-0.39, 0.29) is 0 Å². The Bertz CT molecular complexity index is 337. The molecule has 0 spiro atoms. The molecule has 0 bridgehead atoms. The van der Waals surface area contributed by atoms with Crippen molar-refractivity contribution >= 4 is 11.5 Å². The van der Waals surface area contributed by atoms with Crippen molar-refractivity contribution in [1.82, 2.24) is 9.78 Å². The van der Waals surface area contributed by atoms with Crippen molar-refractivity contribution in [2.24, 2.45) is 7.05 Å². The van der Waals surface area contributed by atoms with Crippen molar-refractivity contribution < 1.29 is 0 Å². The van der Waals surface area contributed by atoms with Gasteiger partial charge in [-0.25, -0.2) is 0 Å². The normalized spacial score (nSPS) is 18.4. The Morgan fingerprint density at radius 3 is 2.44 bits per heavy atom. The maximum Gasteiger partial charge on any atom is 0.173 e. The average Bonchev–Trinajstić information content (AvgIpc) is 2.49. The van der Waals surface area contributed by atoms with Gasteiger partial charge in [-0.2, -0.15) is 5.10 Å². The van der Waals surface area contributed by atoms with Gasteiger partial charge >= 0.3 is 0 Å². The molecule has 1 aliphatic rings. The molecular weight excluding hydrogens is 200 g/mol. The first-order valence-corrected chi connectivity index (χ1v) is 6.20. The molecule has 16 heavy (non-hydrogen) atoms. The molecule has 1 saturated carbocycles. The first-order valence-electron chi connectivity index (χ1n) is 6.20. The van der Waals surface area contributed by atoms with E-state index in [1.54, 1.807) is 4.68 Å². The molecule has 0 saturated heterocycles. The zero-order valence-electron chi connectivity index (χ0n) is 10.3. The Labute approximate surface area is 97.4 Å². The Morgan fingerprint density at radius 1 is 1.31 bits per heavy atom. The highest BCUT2D eigenvalue weighted by molar-refractivity contribution is 5.61. The van der Waals surface area contributed by atoms with Crippen LogP contribution in [0.2, 0.25) is 0 Å². The third-order valence-electron chi connectivity index (χ3n) is 3.54. The van der Waals surface area contributed by atoms with Crippen LogP contribution in [-0.2, 0) is 7.05 Å². The van der Waals surface area contributed by atoms with E-state index < -0.39 is 0 Å². The molecule has 0 unspecified atom stereocenters. The summed E-state index contributed by atoms with van der Waals surface area (Å²) in [7, 11) is 4.04. The summed E-state index contributed by atoms with van der Waals surface area (Å²) in [5.74, 6) is 0.939. The molecule has 4 nitrogen and oxygen atoms in total. The molecule has 2 N–H and O–H groups in total. The lowest BCUT2D eigenvalue weighted by molar-refractivity contribution is 0.546. The fourth-order valence-electron chi connectivity index (χ4n) is 2.59. The largest absolute Gasteiger partial charge is 0.394 e. The summed E-state index contributed by atoms with van der Waals surface area (Å²) in [6, 6.07) is 0.611. The Balaban J connectivity index is 2.10. The smallest absolute Gasteiger partial charge is 0.173 e. The zero-order chi connectivity index (χ0) is 11.5. The summed E-state index contributed by atoms with van der Waals surface area (Å²) in [6.07, 6.45) is 9.84. The average molecular weight is 222 g/mol. The molecule has 4 heteroatoms. The fourth-order valence-corrected chi connectivity index (χ4v) is 2.59. The van der Waals surface area contributed by atoms with Gasteiger partial charge in [-0.1, -0.05) is 25.7 Å². The van der Waals surface area contributed by atoms with Crippen molar-refractivity contribution in [3.05, 3.63) is 6.20 Å². The summed E-state index contributed by atoms with van der Waals surface area (Å²) in [5, 5.41) is 4.43. The first kappa shape index (κ1) is 11.3. The van der Waals surface area contributed by atoms with Crippen LogP contribution < -0.4 is 10.6 Å². The van der Waals surface area contributed by atoms with Gasteiger partial charge in [0.2, 0.25) is 0 Å². The first-order chi connectivity index (χ1) is 7.68. The van der Waals surface area contributed by atoms with E-state index in [1.165, 1.54) is 38.5 Å². The van der Waals surface area contributed by atoms with E-state index >= 15 is 0 Å². The van der Waals surface area contributed by atoms with E-state index in [4.69, 9.17) is 5.73 Å². The second-order valence-electron chi connectivity index (χ2n) is 4.84. The molecule has 0 aromatic carbocycles. The van der Waals surface area contributed by atoms with Crippen LogP contribution in [0.1, 0.15) is 38.5 Å². The summed E-state index contributed by atoms with van der Waals surface area (Å²) in [4.78, 5) is 2.26. The van der Waals surface area contributed by atoms with Gasteiger partial charge in [0, 0.05) is 26.3 Å². The van der Waals surface area contributed by atoms with Gasteiger partial charge < -0.3 is 10.6 Å². The summed E-state index contributed by atoms with van der Waals surface area (Å²) in [5.41, 5.74) is 6.75. The van der Waals surface area contributed by atoms with E-state index in [0.29, 0.717) is 6.04 Å². The number of aromatic nitrogens is 2. The van der Waals surface area contributed by atoms with Gasteiger partial charge in [0.25, 0.3) is 0 Å². The molecule has 1 heterocycles. The predicted octanol–water partition coefficient (Wildman–Crippen LogP) is 2.16. The third-order valence-corrected chi connectivity index (χ3v) is 3.54. The Morgan fingerprint density at radius 2 is 1.94 bits per heavy atom. The molecule has 1 aromatic heterocycles. The van der Waals surface area contributed by atoms with Crippen LogP contribution in [0.5, 0.6) is 0 Å². The third kappa shape index (κ3) is 2.31.